The minimum absolute atomic E-state index is 0.0833. The fraction of sp³-hybridized carbons (Fsp3) is 0.500. The van der Waals surface area contributed by atoms with Crippen molar-refractivity contribution in [2.75, 3.05) is 0 Å². The summed E-state index contributed by atoms with van der Waals surface area (Å²) in [6.07, 6.45) is 3.58. The van der Waals surface area contributed by atoms with Crippen LogP contribution in [0.25, 0.3) is 0 Å². The van der Waals surface area contributed by atoms with Gasteiger partial charge < -0.3 is 0 Å². The first kappa shape index (κ1) is 6.58. The van der Waals surface area contributed by atoms with Crippen molar-refractivity contribution in [1.29, 1.82) is 0 Å². The van der Waals surface area contributed by atoms with Crippen molar-refractivity contribution < 1.29 is 0 Å². The van der Waals surface area contributed by atoms with Gasteiger partial charge in [-0.25, -0.2) is 4.98 Å². The molecule has 0 radical (unpaired) electrons. The molecule has 2 rings (SSSR count). The van der Waals surface area contributed by atoms with Crippen LogP contribution in [0.3, 0.4) is 0 Å². The summed E-state index contributed by atoms with van der Waals surface area (Å²) in [6, 6.07) is 1.86. The molecule has 0 bridgehead atoms. The van der Waals surface area contributed by atoms with Gasteiger partial charge >= 0.3 is 0 Å². The summed E-state index contributed by atoms with van der Waals surface area (Å²) in [5, 5.41) is 0. The maximum atomic E-state index is 11.2. The molecule has 0 aromatic carbocycles. The molecule has 0 N–H and O–H groups in total. The van der Waals surface area contributed by atoms with Crippen LogP contribution >= 0.6 is 0 Å². The van der Waals surface area contributed by atoms with Gasteiger partial charge in [-0.15, -0.1) is 0 Å². The number of rotatable bonds is 0. The monoisotopic (exact) mass is 150 g/mol. The van der Waals surface area contributed by atoms with Gasteiger partial charge in [0.1, 0.15) is 5.82 Å². The number of fused-ring (bicyclic) bond motifs is 1. The van der Waals surface area contributed by atoms with Gasteiger partial charge in [0, 0.05) is 24.7 Å². The molecule has 1 aliphatic rings. The van der Waals surface area contributed by atoms with Gasteiger partial charge in [-0.1, -0.05) is 0 Å². The third-order valence-electron chi connectivity index (χ3n) is 2.18. The van der Waals surface area contributed by atoms with Gasteiger partial charge in [-0.2, -0.15) is 0 Å². The molecule has 1 unspecified atom stereocenters. The van der Waals surface area contributed by atoms with Crippen molar-refractivity contribution >= 4 is 0 Å². The Bertz CT molecular complexity index is 329. The van der Waals surface area contributed by atoms with Crippen molar-refractivity contribution in [2.24, 2.45) is 0 Å². The van der Waals surface area contributed by atoms with E-state index in [-0.39, 0.29) is 5.56 Å². The number of nitrogens with zero attached hydrogens (tertiary/aromatic N) is 2. The second-order valence-electron chi connectivity index (χ2n) is 2.96. The molecular formula is C8H10N2O. The zero-order valence-corrected chi connectivity index (χ0v) is 6.45. The standard InChI is InChI=1S/C8H10N2O/c1-6-2-3-7-9-5-4-8(11)10(6)7/h4-6H,2-3H2,1H3. The van der Waals surface area contributed by atoms with Gasteiger partial charge in [0.05, 0.1) is 0 Å². The first-order chi connectivity index (χ1) is 5.29. The third-order valence-corrected chi connectivity index (χ3v) is 2.18. The first-order valence-corrected chi connectivity index (χ1v) is 3.85. The molecule has 0 aliphatic carbocycles. The summed E-state index contributed by atoms with van der Waals surface area (Å²) in [5.41, 5.74) is 0.0833. The second kappa shape index (κ2) is 2.19. The lowest BCUT2D eigenvalue weighted by molar-refractivity contribution is 0.559. The number of hydrogen-bond donors (Lipinski definition) is 0. The lowest BCUT2D eigenvalue weighted by Gasteiger charge is -2.05. The lowest BCUT2D eigenvalue weighted by Crippen LogP contribution is -2.21. The van der Waals surface area contributed by atoms with Gasteiger partial charge in [0.15, 0.2) is 0 Å². The van der Waals surface area contributed by atoms with E-state index in [1.54, 1.807) is 10.8 Å². The number of hydrogen-bond acceptors (Lipinski definition) is 2. The highest BCUT2D eigenvalue weighted by molar-refractivity contribution is 5.01. The molecule has 0 saturated carbocycles. The van der Waals surface area contributed by atoms with Crippen LogP contribution in [0, 0.1) is 0 Å². The normalized spacial score (nSPS) is 21.7. The third kappa shape index (κ3) is 0.878. The summed E-state index contributed by atoms with van der Waals surface area (Å²) in [5.74, 6) is 0.935. The average molecular weight is 150 g/mol. The molecule has 2 heterocycles. The number of aromatic nitrogens is 2. The fourth-order valence-electron chi connectivity index (χ4n) is 1.58. The molecule has 3 heteroatoms. The van der Waals surface area contributed by atoms with Crippen LogP contribution in [-0.4, -0.2) is 9.55 Å². The predicted octanol–water partition coefficient (Wildman–Crippen LogP) is 0.751. The van der Waals surface area contributed by atoms with Crippen molar-refractivity contribution in [2.45, 2.75) is 25.8 Å². The second-order valence-corrected chi connectivity index (χ2v) is 2.96. The van der Waals surface area contributed by atoms with Crippen LogP contribution in [0.5, 0.6) is 0 Å². The first-order valence-electron chi connectivity index (χ1n) is 3.85. The average Bonchev–Trinajstić information content (AvgIpc) is 2.34. The van der Waals surface area contributed by atoms with E-state index in [1.165, 1.54) is 6.07 Å². The van der Waals surface area contributed by atoms with Crippen LogP contribution in [0.4, 0.5) is 0 Å². The van der Waals surface area contributed by atoms with Crippen molar-refractivity contribution in [3.05, 3.63) is 28.4 Å². The van der Waals surface area contributed by atoms with Crippen LogP contribution in [-0.2, 0) is 6.42 Å². The maximum absolute atomic E-state index is 11.2. The molecule has 1 aromatic heterocycles. The summed E-state index contributed by atoms with van der Waals surface area (Å²) < 4.78 is 1.78. The highest BCUT2D eigenvalue weighted by Crippen LogP contribution is 2.19. The van der Waals surface area contributed by atoms with E-state index in [0.717, 1.165) is 18.7 Å². The Kier molecular flexibility index (Phi) is 1.31. The largest absolute Gasteiger partial charge is 0.294 e. The molecule has 1 aliphatic heterocycles. The predicted molar refractivity (Wildman–Crippen MR) is 41.5 cm³/mol. The minimum atomic E-state index is 0.0833. The Labute approximate surface area is 64.7 Å². The van der Waals surface area contributed by atoms with E-state index in [2.05, 4.69) is 11.9 Å². The quantitative estimate of drug-likeness (QED) is 0.547. The maximum Gasteiger partial charge on any atom is 0.253 e. The van der Waals surface area contributed by atoms with Gasteiger partial charge in [0.2, 0.25) is 0 Å². The highest BCUT2D eigenvalue weighted by atomic mass is 16.1. The zero-order chi connectivity index (χ0) is 7.84. The summed E-state index contributed by atoms with van der Waals surface area (Å²) in [7, 11) is 0. The molecule has 1 atom stereocenters. The van der Waals surface area contributed by atoms with Crippen molar-refractivity contribution in [3.63, 3.8) is 0 Å². The van der Waals surface area contributed by atoms with Crippen LogP contribution in [0.15, 0.2) is 17.1 Å². The molecule has 11 heavy (non-hydrogen) atoms. The molecule has 0 spiro atoms. The Hall–Kier alpha value is -1.12. The van der Waals surface area contributed by atoms with E-state index in [4.69, 9.17) is 0 Å². The van der Waals surface area contributed by atoms with Crippen LogP contribution in [0.1, 0.15) is 25.2 Å². The SMILES string of the molecule is CC1CCc2nccc(=O)n21. The Balaban J connectivity index is 2.68. The Morgan fingerprint density at radius 2 is 2.55 bits per heavy atom. The summed E-state index contributed by atoms with van der Waals surface area (Å²) >= 11 is 0. The summed E-state index contributed by atoms with van der Waals surface area (Å²) in [6.45, 7) is 2.06. The molecule has 0 saturated heterocycles. The molecular weight excluding hydrogens is 140 g/mol. The molecule has 0 amide bonds. The Morgan fingerprint density at radius 3 is 3.27 bits per heavy atom. The zero-order valence-electron chi connectivity index (χ0n) is 6.45. The van der Waals surface area contributed by atoms with E-state index >= 15 is 0 Å². The van der Waals surface area contributed by atoms with Gasteiger partial charge in [-0.05, 0) is 13.3 Å². The van der Waals surface area contributed by atoms with Crippen molar-refractivity contribution in [3.8, 4) is 0 Å². The summed E-state index contributed by atoms with van der Waals surface area (Å²) in [4.78, 5) is 15.4. The molecule has 0 fully saturated rings. The van der Waals surface area contributed by atoms with E-state index in [1.807, 2.05) is 0 Å². The van der Waals surface area contributed by atoms with Crippen LogP contribution in [0.2, 0.25) is 0 Å². The molecule has 3 nitrogen and oxygen atoms in total. The Morgan fingerprint density at radius 1 is 1.73 bits per heavy atom. The van der Waals surface area contributed by atoms with Gasteiger partial charge in [0.25, 0.3) is 5.56 Å². The molecule has 1 aromatic rings. The van der Waals surface area contributed by atoms with Crippen molar-refractivity contribution in [1.82, 2.24) is 9.55 Å². The van der Waals surface area contributed by atoms with E-state index in [9.17, 15) is 4.79 Å². The highest BCUT2D eigenvalue weighted by Gasteiger charge is 2.18. The smallest absolute Gasteiger partial charge is 0.253 e. The van der Waals surface area contributed by atoms with E-state index in [0.29, 0.717) is 6.04 Å². The number of aryl methyl sites for hydroxylation is 1. The van der Waals surface area contributed by atoms with E-state index < -0.39 is 0 Å². The topological polar surface area (TPSA) is 34.9 Å². The lowest BCUT2D eigenvalue weighted by atomic mass is 10.2. The van der Waals surface area contributed by atoms with Crippen LogP contribution < -0.4 is 5.56 Å². The molecule has 58 valence electrons. The van der Waals surface area contributed by atoms with Gasteiger partial charge in [-0.3, -0.25) is 9.36 Å². The minimum Gasteiger partial charge on any atom is -0.294 e. The fourth-order valence-corrected chi connectivity index (χ4v) is 1.58.